The topological polar surface area (TPSA) is 33.7 Å². The van der Waals surface area contributed by atoms with Crippen LogP contribution < -0.4 is 14.8 Å². The van der Waals surface area contributed by atoms with Crippen molar-refractivity contribution in [2.24, 2.45) is 0 Å². The van der Waals surface area contributed by atoms with Crippen molar-refractivity contribution in [3.63, 3.8) is 0 Å². The first-order valence-corrected chi connectivity index (χ1v) is 8.38. The molecule has 2 aliphatic rings. The Kier molecular flexibility index (Phi) is 4.72. The Bertz CT molecular complexity index is 505. The van der Waals surface area contributed by atoms with Gasteiger partial charge >= 0.3 is 0 Å². The molecule has 3 rings (SSSR count). The van der Waals surface area contributed by atoms with Gasteiger partial charge in [-0.3, -0.25) is 4.90 Å². The molecule has 1 aliphatic carbocycles. The van der Waals surface area contributed by atoms with Crippen LogP contribution in [-0.2, 0) is 6.54 Å². The summed E-state index contributed by atoms with van der Waals surface area (Å²) in [6, 6.07) is 5.50. The van der Waals surface area contributed by atoms with E-state index in [4.69, 9.17) is 9.47 Å². The molecule has 1 saturated carbocycles. The van der Waals surface area contributed by atoms with Gasteiger partial charge < -0.3 is 14.8 Å². The fourth-order valence-electron chi connectivity index (χ4n) is 3.01. The molecule has 1 atom stereocenters. The fraction of sp³-hybridized carbons (Fsp3) is 0.625. The highest BCUT2D eigenvalue weighted by atomic mass is 79.9. The smallest absolute Gasteiger partial charge is 0.161 e. The predicted octanol–water partition coefficient (Wildman–Crippen LogP) is 2.79. The maximum Gasteiger partial charge on any atom is 0.161 e. The van der Waals surface area contributed by atoms with Gasteiger partial charge in [-0.25, -0.2) is 0 Å². The second-order valence-electron chi connectivity index (χ2n) is 5.89. The van der Waals surface area contributed by atoms with Gasteiger partial charge in [0.25, 0.3) is 0 Å². The second kappa shape index (κ2) is 6.55. The Labute approximate surface area is 134 Å². The molecule has 116 valence electrons. The van der Waals surface area contributed by atoms with Gasteiger partial charge in [0.15, 0.2) is 11.5 Å². The molecular weight excluding hydrogens is 332 g/mol. The Morgan fingerprint density at radius 2 is 1.90 bits per heavy atom. The van der Waals surface area contributed by atoms with E-state index in [2.05, 4.69) is 26.1 Å². The minimum absolute atomic E-state index is 0.602. The number of likely N-dealkylation sites (tertiary alicyclic amines) is 1. The largest absolute Gasteiger partial charge is 0.493 e. The van der Waals surface area contributed by atoms with Crippen LogP contribution in [0.15, 0.2) is 16.6 Å². The van der Waals surface area contributed by atoms with Gasteiger partial charge in [-0.05, 0) is 37.0 Å². The molecule has 0 spiro atoms. The van der Waals surface area contributed by atoms with E-state index >= 15 is 0 Å². The SMILES string of the molecule is COc1cc(Br)c(CNC2CCN(C3CC3)C2)cc1OC. The van der Waals surface area contributed by atoms with Gasteiger partial charge in [0.2, 0.25) is 0 Å². The average Bonchev–Trinajstić information content (AvgIpc) is 3.24. The van der Waals surface area contributed by atoms with Gasteiger partial charge in [0.1, 0.15) is 0 Å². The zero-order chi connectivity index (χ0) is 14.8. The molecule has 1 aliphatic heterocycles. The second-order valence-corrected chi connectivity index (χ2v) is 6.75. The number of methoxy groups -OCH3 is 2. The van der Waals surface area contributed by atoms with Crippen LogP contribution in [0.4, 0.5) is 0 Å². The summed E-state index contributed by atoms with van der Waals surface area (Å²) in [5.74, 6) is 1.54. The van der Waals surface area contributed by atoms with E-state index in [-0.39, 0.29) is 0 Å². The molecule has 5 heteroatoms. The average molecular weight is 355 g/mol. The van der Waals surface area contributed by atoms with Crippen LogP contribution in [0.3, 0.4) is 0 Å². The van der Waals surface area contributed by atoms with E-state index in [1.165, 1.54) is 37.9 Å². The molecule has 1 aromatic rings. The van der Waals surface area contributed by atoms with Crippen molar-refractivity contribution >= 4 is 15.9 Å². The third kappa shape index (κ3) is 3.52. The van der Waals surface area contributed by atoms with Crippen molar-refractivity contribution < 1.29 is 9.47 Å². The number of nitrogens with one attached hydrogen (secondary N) is 1. The molecule has 21 heavy (non-hydrogen) atoms. The molecular formula is C16H23BrN2O2. The first-order valence-electron chi connectivity index (χ1n) is 7.59. The molecule has 0 amide bonds. The molecule has 1 heterocycles. The Morgan fingerprint density at radius 1 is 1.19 bits per heavy atom. The first-order chi connectivity index (χ1) is 10.2. The van der Waals surface area contributed by atoms with Crippen LogP contribution >= 0.6 is 15.9 Å². The maximum atomic E-state index is 5.38. The minimum atomic E-state index is 0.602. The Balaban J connectivity index is 1.59. The summed E-state index contributed by atoms with van der Waals surface area (Å²) in [7, 11) is 3.33. The van der Waals surface area contributed by atoms with Crippen LogP contribution in [0.2, 0.25) is 0 Å². The number of rotatable bonds is 6. The summed E-state index contributed by atoms with van der Waals surface area (Å²) in [4.78, 5) is 2.63. The number of benzene rings is 1. The lowest BCUT2D eigenvalue weighted by Crippen LogP contribution is -2.32. The zero-order valence-electron chi connectivity index (χ0n) is 12.7. The van der Waals surface area contributed by atoms with Crippen molar-refractivity contribution in [1.29, 1.82) is 0 Å². The number of hydrogen-bond acceptors (Lipinski definition) is 4. The third-order valence-electron chi connectivity index (χ3n) is 4.42. The number of hydrogen-bond donors (Lipinski definition) is 1. The van der Waals surface area contributed by atoms with E-state index in [0.717, 1.165) is 28.6 Å². The van der Waals surface area contributed by atoms with Crippen molar-refractivity contribution in [3.8, 4) is 11.5 Å². The third-order valence-corrected chi connectivity index (χ3v) is 5.15. The van der Waals surface area contributed by atoms with Crippen molar-refractivity contribution in [3.05, 3.63) is 22.2 Å². The summed E-state index contributed by atoms with van der Waals surface area (Å²) in [6.45, 7) is 3.29. The van der Waals surface area contributed by atoms with Crippen LogP contribution in [0.5, 0.6) is 11.5 Å². The van der Waals surface area contributed by atoms with Gasteiger partial charge in [-0.15, -0.1) is 0 Å². The molecule has 1 N–H and O–H groups in total. The summed E-state index contributed by atoms with van der Waals surface area (Å²) in [5, 5.41) is 3.67. The van der Waals surface area contributed by atoms with Gasteiger partial charge in [0, 0.05) is 36.2 Å². The molecule has 2 fully saturated rings. The van der Waals surface area contributed by atoms with E-state index in [0.29, 0.717) is 6.04 Å². The van der Waals surface area contributed by atoms with Crippen LogP contribution in [0.1, 0.15) is 24.8 Å². The summed E-state index contributed by atoms with van der Waals surface area (Å²) < 4.78 is 11.8. The van der Waals surface area contributed by atoms with E-state index in [9.17, 15) is 0 Å². The predicted molar refractivity (Wildman–Crippen MR) is 87.1 cm³/mol. The lowest BCUT2D eigenvalue weighted by atomic mass is 10.1. The fourth-order valence-corrected chi connectivity index (χ4v) is 3.47. The highest BCUT2D eigenvalue weighted by Gasteiger charge is 2.34. The molecule has 0 aromatic heterocycles. The molecule has 1 unspecified atom stereocenters. The Morgan fingerprint density at radius 3 is 2.57 bits per heavy atom. The van der Waals surface area contributed by atoms with Gasteiger partial charge in [-0.2, -0.15) is 0 Å². The maximum absolute atomic E-state index is 5.38. The summed E-state index contributed by atoms with van der Waals surface area (Å²) >= 11 is 3.62. The van der Waals surface area contributed by atoms with Crippen LogP contribution in [0.25, 0.3) is 0 Å². The van der Waals surface area contributed by atoms with E-state index in [1.807, 2.05) is 12.1 Å². The first kappa shape index (κ1) is 15.1. The van der Waals surface area contributed by atoms with Crippen LogP contribution in [-0.4, -0.2) is 44.3 Å². The van der Waals surface area contributed by atoms with Gasteiger partial charge in [0.05, 0.1) is 14.2 Å². The van der Waals surface area contributed by atoms with Gasteiger partial charge in [-0.1, -0.05) is 15.9 Å². The number of ether oxygens (including phenoxy) is 2. The number of halogens is 1. The van der Waals surface area contributed by atoms with E-state index < -0.39 is 0 Å². The zero-order valence-corrected chi connectivity index (χ0v) is 14.3. The lowest BCUT2D eigenvalue weighted by Gasteiger charge is -2.17. The van der Waals surface area contributed by atoms with E-state index in [1.54, 1.807) is 14.2 Å². The molecule has 1 saturated heterocycles. The normalized spacial score (nSPS) is 22.5. The molecule has 4 nitrogen and oxygen atoms in total. The Hall–Kier alpha value is -0.780. The lowest BCUT2D eigenvalue weighted by molar-refractivity contribution is 0.317. The molecule has 0 radical (unpaired) electrons. The highest BCUT2D eigenvalue weighted by molar-refractivity contribution is 9.10. The molecule has 1 aromatic carbocycles. The van der Waals surface area contributed by atoms with Crippen molar-refractivity contribution in [1.82, 2.24) is 10.2 Å². The standard InChI is InChI=1S/C16H23BrN2O2/c1-20-15-7-11(14(17)8-16(15)21-2)9-18-12-5-6-19(10-12)13-3-4-13/h7-8,12-13,18H,3-6,9-10H2,1-2H3. The summed E-state index contributed by atoms with van der Waals surface area (Å²) in [6.07, 6.45) is 4.04. The number of nitrogens with zero attached hydrogens (tertiary/aromatic N) is 1. The molecule has 0 bridgehead atoms. The van der Waals surface area contributed by atoms with Crippen molar-refractivity contribution in [2.45, 2.75) is 37.9 Å². The monoisotopic (exact) mass is 354 g/mol. The van der Waals surface area contributed by atoms with Crippen molar-refractivity contribution in [2.75, 3.05) is 27.3 Å². The van der Waals surface area contributed by atoms with Crippen LogP contribution in [0, 0.1) is 0 Å². The quantitative estimate of drug-likeness (QED) is 0.851. The highest BCUT2D eigenvalue weighted by Crippen LogP contribution is 2.33. The summed E-state index contributed by atoms with van der Waals surface area (Å²) in [5.41, 5.74) is 1.21. The minimum Gasteiger partial charge on any atom is -0.493 e.